The third kappa shape index (κ3) is 4.37. The first-order valence-corrected chi connectivity index (χ1v) is 5.73. The van der Waals surface area contributed by atoms with Gasteiger partial charge in [0.15, 0.2) is 0 Å². The fourth-order valence-corrected chi connectivity index (χ4v) is 2.04. The molecule has 0 heterocycles. The normalized spacial score (nSPS) is 29.6. The van der Waals surface area contributed by atoms with E-state index in [-0.39, 0.29) is 38.3 Å². The summed E-state index contributed by atoms with van der Waals surface area (Å²) in [5.41, 5.74) is 0.918. The Kier molecular flexibility index (Phi) is 6.69. The lowest BCUT2D eigenvalue weighted by atomic mass is 9.82. The number of aliphatic hydroxyl groups is 1. The highest BCUT2D eigenvalue weighted by molar-refractivity contribution is 5.12. The molecule has 1 aliphatic carbocycles. The molecule has 100 valence electrons. The Morgan fingerprint density at radius 1 is 1.18 bits per heavy atom. The van der Waals surface area contributed by atoms with Crippen molar-refractivity contribution < 1.29 is 24.1 Å². The van der Waals surface area contributed by atoms with Crippen LogP contribution in [0.15, 0.2) is 12.2 Å². The predicted octanol–water partition coefficient (Wildman–Crippen LogP) is 0.923. The topological polar surface area (TPSA) is 57.2 Å². The molecule has 0 aromatic heterocycles. The minimum absolute atomic E-state index is 0.0208. The molecular formula is C12H22O5. The zero-order valence-electron chi connectivity index (χ0n) is 10.6. The highest BCUT2D eigenvalue weighted by Crippen LogP contribution is 2.32. The summed E-state index contributed by atoms with van der Waals surface area (Å²) in [5, 5.41) is 9.31. The van der Waals surface area contributed by atoms with E-state index in [1.807, 2.05) is 0 Å². The van der Waals surface area contributed by atoms with E-state index in [0.717, 1.165) is 18.4 Å². The van der Waals surface area contributed by atoms with E-state index in [4.69, 9.17) is 18.9 Å². The highest BCUT2D eigenvalue weighted by Gasteiger charge is 2.32. The van der Waals surface area contributed by atoms with Crippen LogP contribution in [0.3, 0.4) is 0 Å². The molecule has 5 heteroatoms. The SMILES string of the molecule is C=C1C(CO)C[C@@H](OCOC)C[C@@H]1OCOC. The van der Waals surface area contributed by atoms with Crippen molar-refractivity contribution in [2.24, 2.45) is 5.92 Å². The lowest BCUT2D eigenvalue weighted by Gasteiger charge is -2.35. The Labute approximate surface area is 102 Å². The molecule has 1 aliphatic rings. The molecule has 1 saturated carbocycles. The van der Waals surface area contributed by atoms with Crippen molar-refractivity contribution in [2.45, 2.75) is 25.0 Å². The van der Waals surface area contributed by atoms with Crippen molar-refractivity contribution in [1.29, 1.82) is 0 Å². The van der Waals surface area contributed by atoms with Crippen LogP contribution in [0, 0.1) is 5.92 Å². The largest absolute Gasteiger partial charge is 0.396 e. The molecule has 1 fully saturated rings. The van der Waals surface area contributed by atoms with E-state index in [2.05, 4.69) is 6.58 Å². The van der Waals surface area contributed by atoms with Gasteiger partial charge in [-0.1, -0.05) is 6.58 Å². The van der Waals surface area contributed by atoms with Crippen molar-refractivity contribution in [3.05, 3.63) is 12.2 Å². The van der Waals surface area contributed by atoms with Crippen LogP contribution < -0.4 is 0 Å². The molecule has 0 bridgehead atoms. The van der Waals surface area contributed by atoms with E-state index in [1.54, 1.807) is 14.2 Å². The monoisotopic (exact) mass is 246 g/mol. The predicted molar refractivity (Wildman–Crippen MR) is 62.4 cm³/mol. The Bertz CT molecular complexity index is 231. The van der Waals surface area contributed by atoms with Gasteiger partial charge in [-0.05, 0) is 12.0 Å². The van der Waals surface area contributed by atoms with E-state index in [0.29, 0.717) is 0 Å². The zero-order valence-corrected chi connectivity index (χ0v) is 10.6. The second kappa shape index (κ2) is 7.79. The van der Waals surface area contributed by atoms with Gasteiger partial charge in [-0.25, -0.2) is 0 Å². The van der Waals surface area contributed by atoms with Crippen molar-refractivity contribution >= 4 is 0 Å². The first kappa shape index (κ1) is 14.6. The summed E-state index contributed by atoms with van der Waals surface area (Å²) in [4.78, 5) is 0. The summed E-state index contributed by atoms with van der Waals surface area (Å²) in [5.74, 6) is 0.0208. The molecular weight excluding hydrogens is 224 g/mol. The van der Waals surface area contributed by atoms with Crippen LogP contribution in [0.4, 0.5) is 0 Å². The maximum Gasteiger partial charge on any atom is 0.147 e. The van der Waals surface area contributed by atoms with Crippen molar-refractivity contribution in [3.8, 4) is 0 Å². The molecule has 1 N–H and O–H groups in total. The van der Waals surface area contributed by atoms with Crippen LogP contribution in [0.1, 0.15) is 12.8 Å². The summed E-state index contributed by atoms with van der Waals surface area (Å²) in [6.45, 7) is 4.53. The Morgan fingerprint density at radius 3 is 2.41 bits per heavy atom. The maximum atomic E-state index is 9.31. The number of hydrogen-bond donors (Lipinski definition) is 1. The van der Waals surface area contributed by atoms with E-state index in [9.17, 15) is 5.11 Å². The van der Waals surface area contributed by atoms with Gasteiger partial charge >= 0.3 is 0 Å². The Morgan fingerprint density at radius 2 is 1.82 bits per heavy atom. The van der Waals surface area contributed by atoms with Crippen molar-refractivity contribution in [3.63, 3.8) is 0 Å². The summed E-state index contributed by atoms with van der Waals surface area (Å²) in [7, 11) is 3.16. The molecule has 5 nitrogen and oxygen atoms in total. The second-order valence-corrected chi connectivity index (χ2v) is 4.18. The third-order valence-electron chi connectivity index (χ3n) is 2.99. The van der Waals surface area contributed by atoms with E-state index >= 15 is 0 Å². The molecule has 3 atom stereocenters. The van der Waals surface area contributed by atoms with Crippen LogP contribution in [-0.4, -0.2) is 51.7 Å². The average molecular weight is 246 g/mol. The van der Waals surface area contributed by atoms with Crippen LogP contribution in [0.5, 0.6) is 0 Å². The summed E-state index contributed by atoms with van der Waals surface area (Å²) in [6.07, 6.45) is 1.38. The van der Waals surface area contributed by atoms with Gasteiger partial charge in [0.25, 0.3) is 0 Å². The lowest BCUT2D eigenvalue weighted by Crippen LogP contribution is -2.37. The molecule has 1 rings (SSSR count). The number of hydrogen-bond acceptors (Lipinski definition) is 5. The zero-order chi connectivity index (χ0) is 12.7. The minimum Gasteiger partial charge on any atom is -0.396 e. The maximum absolute atomic E-state index is 9.31. The molecule has 0 amide bonds. The lowest BCUT2D eigenvalue weighted by molar-refractivity contribution is -0.124. The molecule has 1 unspecified atom stereocenters. The molecule has 0 spiro atoms. The molecule has 0 saturated heterocycles. The average Bonchev–Trinajstić information content (AvgIpc) is 2.35. The standard InChI is InChI=1S/C12H22O5/c1-9-10(6-13)4-11(16-7-14-2)5-12(9)17-8-15-3/h10-13H,1,4-8H2,2-3H3/t10?,11-,12+/m1/s1. The van der Waals surface area contributed by atoms with Crippen molar-refractivity contribution in [1.82, 2.24) is 0 Å². The number of rotatable bonds is 7. The van der Waals surface area contributed by atoms with Gasteiger partial charge in [0.1, 0.15) is 13.6 Å². The second-order valence-electron chi connectivity index (χ2n) is 4.18. The quantitative estimate of drug-likeness (QED) is 0.535. The molecule has 0 aromatic rings. The number of ether oxygens (including phenoxy) is 4. The van der Waals surface area contributed by atoms with Gasteiger partial charge in [0.2, 0.25) is 0 Å². The smallest absolute Gasteiger partial charge is 0.147 e. The molecule has 0 radical (unpaired) electrons. The van der Waals surface area contributed by atoms with Gasteiger partial charge in [-0.15, -0.1) is 0 Å². The third-order valence-corrected chi connectivity index (χ3v) is 2.99. The van der Waals surface area contributed by atoms with Crippen LogP contribution in [0.25, 0.3) is 0 Å². The minimum atomic E-state index is -0.122. The van der Waals surface area contributed by atoms with E-state index in [1.165, 1.54) is 0 Å². The van der Waals surface area contributed by atoms with Crippen LogP contribution >= 0.6 is 0 Å². The fourth-order valence-electron chi connectivity index (χ4n) is 2.04. The first-order chi connectivity index (χ1) is 8.22. The van der Waals surface area contributed by atoms with Gasteiger partial charge in [-0.3, -0.25) is 0 Å². The number of methoxy groups -OCH3 is 2. The molecule has 17 heavy (non-hydrogen) atoms. The molecule has 0 aliphatic heterocycles. The van der Waals surface area contributed by atoms with E-state index < -0.39 is 0 Å². The van der Waals surface area contributed by atoms with Gasteiger partial charge in [0.05, 0.1) is 12.2 Å². The highest BCUT2D eigenvalue weighted by atomic mass is 16.7. The Hall–Kier alpha value is -0.460. The van der Waals surface area contributed by atoms with Crippen molar-refractivity contribution in [2.75, 3.05) is 34.4 Å². The first-order valence-electron chi connectivity index (χ1n) is 5.73. The Balaban J connectivity index is 2.52. The van der Waals surface area contributed by atoms with Gasteiger partial charge in [0, 0.05) is 33.2 Å². The van der Waals surface area contributed by atoms with Gasteiger partial charge < -0.3 is 24.1 Å². The summed E-state index contributed by atoms with van der Waals surface area (Å²) >= 11 is 0. The molecule has 0 aromatic carbocycles. The summed E-state index contributed by atoms with van der Waals surface area (Å²) < 4.78 is 20.8. The van der Waals surface area contributed by atoms with Crippen LogP contribution in [0.2, 0.25) is 0 Å². The van der Waals surface area contributed by atoms with Gasteiger partial charge in [-0.2, -0.15) is 0 Å². The number of aliphatic hydroxyl groups excluding tert-OH is 1. The summed E-state index contributed by atoms with van der Waals surface area (Å²) in [6, 6.07) is 0. The van der Waals surface area contributed by atoms with Crippen LogP contribution in [-0.2, 0) is 18.9 Å². The fraction of sp³-hybridized carbons (Fsp3) is 0.833.